The predicted molar refractivity (Wildman–Crippen MR) is 110 cm³/mol. The highest BCUT2D eigenvalue weighted by atomic mass is 16.5. The summed E-state index contributed by atoms with van der Waals surface area (Å²) in [6, 6.07) is 14.7. The zero-order valence-electron chi connectivity index (χ0n) is 16.6. The lowest BCUT2D eigenvalue weighted by atomic mass is 10.1. The molecule has 0 radical (unpaired) electrons. The minimum absolute atomic E-state index is 0.0846. The fraction of sp³-hybridized carbons (Fsp3) is 0.318. The predicted octanol–water partition coefficient (Wildman–Crippen LogP) is 3.92. The molecule has 5 rings (SSSR count). The number of likely N-dealkylation sites (tertiary alicyclic amines) is 1. The third kappa shape index (κ3) is 3.80. The van der Waals surface area contributed by atoms with Gasteiger partial charge in [-0.1, -0.05) is 17.3 Å². The number of aromatic nitrogens is 2. The van der Waals surface area contributed by atoms with Gasteiger partial charge in [0.25, 0.3) is 5.89 Å². The van der Waals surface area contributed by atoms with E-state index in [1.165, 1.54) is 0 Å². The van der Waals surface area contributed by atoms with E-state index in [1.807, 2.05) is 24.3 Å². The highest BCUT2D eigenvalue weighted by Crippen LogP contribution is 2.39. The normalized spacial score (nSPS) is 16.1. The summed E-state index contributed by atoms with van der Waals surface area (Å²) >= 11 is 0. The highest BCUT2D eigenvalue weighted by Gasteiger charge is 2.33. The summed E-state index contributed by atoms with van der Waals surface area (Å²) in [6.45, 7) is 1.01. The molecule has 1 aromatic heterocycles. The molecule has 2 amide bonds. The van der Waals surface area contributed by atoms with Gasteiger partial charge in [-0.15, -0.1) is 0 Å². The van der Waals surface area contributed by atoms with Crippen LogP contribution in [0.2, 0.25) is 0 Å². The molecule has 3 aromatic rings. The lowest BCUT2D eigenvalue weighted by Crippen LogP contribution is -2.57. The number of rotatable bonds is 6. The zero-order chi connectivity index (χ0) is 20.5. The second-order valence-electron chi connectivity index (χ2n) is 7.53. The van der Waals surface area contributed by atoms with E-state index in [9.17, 15) is 4.79 Å². The van der Waals surface area contributed by atoms with Crippen molar-refractivity contribution in [3.05, 3.63) is 54.4 Å². The molecule has 2 fully saturated rings. The van der Waals surface area contributed by atoms with Crippen LogP contribution in [-0.2, 0) is 0 Å². The van der Waals surface area contributed by atoms with Gasteiger partial charge >= 0.3 is 6.03 Å². The van der Waals surface area contributed by atoms with E-state index in [2.05, 4.69) is 15.5 Å². The fourth-order valence-electron chi connectivity index (χ4n) is 3.33. The van der Waals surface area contributed by atoms with Crippen LogP contribution in [0.1, 0.15) is 24.6 Å². The Morgan fingerprint density at radius 1 is 1.13 bits per heavy atom. The molecule has 2 aromatic carbocycles. The molecule has 8 nitrogen and oxygen atoms in total. The van der Waals surface area contributed by atoms with E-state index in [-0.39, 0.29) is 12.1 Å². The largest absolute Gasteiger partial charge is 0.497 e. The van der Waals surface area contributed by atoms with Crippen molar-refractivity contribution >= 4 is 11.7 Å². The quantitative estimate of drug-likeness (QED) is 0.667. The van der Waals surface area contributed by atoms with Gasteiger partial charge in [0, 0.05) is 11.6 Å². The summed E-state index contributed by atoms with van der Waals surface area (Å²) < 4.78 is 16.7. The molecule has 2 heterocycles. The van der Waals surface area contributed by atoms with Crippen LogP contribution in [0.15, 0.2) is 53.1 Å². The number of amides is 2. The minimum Gasteiger partial charge on any atom is -0.497 e. The van der Waals surface area contributed by atoms with Crippen LogP contribution in [0.25, 0.3) is 11.5 Å². The second-order valence-corrected chi connectivity index (χ2v) is 7.53. The number of nitrogens with zero attached hydrogens (tertiary/aromatic N) is 3. The highest BCUT2D eigenvalue weighted by molar-refractivity contribution is 5.90. The van der Waals surface area contributed by atoms with Crippen molar-refractivity contribution in [2.45, 2.75) is 24.9 Å². The Kier molecular flexibility index (Phi) is 4.74. The van der Waals surface area contributed by atoms with Crippen molar-refractivity contribution in [2.24, 2.45) is 0 Å². The lowest BCUT2D eigenvalue weighted by molar-refractivity contribution is 0.0496. The van der Waals surface area contributed by atoms with Gasteiger partial charge in [-0.3, -0.25) is 0 Å². The third-order valence-electron chi connectivity index (χ3n) is 5.27. The van der Waals surface area contributed by atoms with Gasteiger partial charge in [-0.25, -0.2) is 4.79 Å². The first-order chi connectivity index (χ1) is 14.7. The van der Waals surface area contributed by atoms with Crippen LogP contribution in [0.5, 0.6) is 11.5 Å². The second kappa shape index (κ2) is 7.70. The first-order valence-electron chi connectivity index (χ1n) is 9.99. The standard InChI is InChI=1S/C22H22N4O4/c1-28-16-10-8-15(9-11-16)23-22(27)26-12-17(13-26)29-19-5-3-2-4-18(19)21-24-20(25-30-21)14-6-7-14/h2-5,8-11,14,17H,6-7,12-13H2,1H3,(H,23,27). The van der Waals surface area contributed by atoms with Gasteiger partial charge in [-0.2, -0.15) is 4.98 Å². The summed E-state index contributed by atoms with van der Waals surface area (Å²) in [4.78, 5) is 18.6. The monoisotopic (exact) mass is 406 g/mol. The van der Waals surface area contributed by atoms with E-state index in [1.54, 1.807) is 36.3 Å². The SMILES string of the molecule is COc1ccc(NC(=O)N2CC(Oc3ccccc3-c3nc(C4CC4)no3)C2)cc1. The van der Waals surface area contributed by atoms with Crippen molar-refractivity contribution in [1.82, 2.24) is 15.0 Å². The first kappa shape index (κ1) is 18.5. The Morgan fingerprint density at radius 3 is 2.63 bits per heavy atom. The summed E-state index contributed by atoms with van der Waals surface area (Å²) in [6.07, 6.45) is 2.15. The number of ether oxygens (including phenoxy) is 2. The Morgan fingerprint density at radius 2 is 1.90 bits per heavy atom. The maximum atomic E-state index is 12.4. The van der Waals surface area contributed by atoms with Gasteiger partial charge in [0.15, 0.2) is 5.82 Å². The molecule has 1 aliphatic carbocycles. The Bertz CT molecular complexity index is 1040. The zero-order valence-corrected chi connectivity index (χ0v) is 16.6. The maximum absolute atomic E-state index is 12.4. The lowest BCUT2D eigenvalue weighted by Gasteiger charge is -2.39. The molecular formula is C22H22N4O4. The van der Waals surface area contributed by atoms with Gasteiger partial charge in [-0.05, 0) is 49.2 Å². The van der Waals surface area contributed by atoms with E-state index in [0.29, 0.717) is 30.6 Å². The Balaban J connectivity index is 1.18. The number of carbonyl (C=O) groups excluding carboxylic acids is 1. The average molecular weight is 406 g/mol. The van der Waals surface area contributed by atoms with Gasteiger partial charge in [0.2, 0.25) is 0 Å². The first-order valence-corrected chi connectivity index (χ1v) is 9.99. The van der Waals surface area contributed by atoms with Crippen LogP contribution in [0.3, 0.4) is 0 Å². The number of para-hydroxylation sites is 1. The van der Waals surface area contributed by atoms with Crippen LogP contribution >= 0.6 is 0 Å². The Labute approximate surface area is 173 Å². The fourth-order valence-corrected chi connectivity index (χ4v) is 3.33. The van der Waals surface area contributed by atoms with E-state index in [0.717, 1.165) is 35.7 Å². The van der Waals surface area contributed by atoms with Crippen molar-refractivity contribution < 1.29 is 18.8 Å². The summed E-state index contributed by atoms with van der Waals surface area (Å²) in [7, 11) is 1.61. The van der Waals surface area contributed by atoms with Gasteiger partial charge < -0.3 is 24.2 Å². The molecule has 0 spiro atoms. The number of urea groups is 1. The Hall–Kier alpha value is -3.55. The molecule has 1 aliphatic heterocycles. The van der Waals surface area contributed by atoms with Crippen LogP contribution in [-0.4, -0.2) is 47.4 Å². The number of hydrogen-bond acceptors (Lipinski definition) is 6. The van der Waals surface area contributed by atoms with E-state index < -0.39 is 0 Å². The topological polar surface area (TPSA) is 89.7 Å². The van der Waals surface area contributed by atoms with Crippen LogP contribution in [0, 0.1) is 0 Å². The molecule has 0 bridgehead atoms. The number of benzene rings is 2. The van der Waals surface area contributed by atoms with Crippen LogP contribution in [0.4, 0.5) is 10.5 Å². The average Bonchev–Trinajstić information content (AvgIpc) is 3.48. The molecule has 2 aliphatic rings. The molecular weight excluding hydrogens is 384 g/mol. The van der Waals surface area contributed by atoms with Crippen molar-refractivity contribution in [3.8, 4) is 23.0 Å². The van der Waals surface area contributed by atoms with E-state index in [4.69, 9.17) is 14.0 Å². The van der Waals surface area contributed by atoms with Crippen molar-refractivity contribution in [1.29, 1.82) is 0 Å². The number of methoxy groups -OCH3 is 1. The number of carbonyl (C=O) groups is 1. The number of anilines is 1. The summed E-state index contributed by atoms with van der Waals surface area (Å²) in [5.41, 5.74) is 1.50. The van der Waals surface area contributed by atoms with Crippen molar-refractivity contribution in [2.75, 3.05) is 25.5 Å². The molecule has 0 unspecified atom stereocenters. The molecule has 1 N–H and O–H groups in total. The van der Waals surface area contributed by atoms with Crippen LogP contribution < -0.4 is 14.8 Å². The number of hydrogen-bond donors (Lipinski definition) is 1. The molecule has 30 heavy (non-hydrogen) atoms. The molecule has 0 atom stereocenters. The van der Waals surface area contributed by atoms with Gasteiger partial charge in [0.1, 0.15) is 17.6 Å². The third-order valence-corrected chi connectivity index (χ3v) is 5.27. The summed E-state index contributed by atoms with van der Waals surface area (Å²) in [5, 5.41) is 6.96. The maximum Gasteiger partial charge on any atom is 0.322 e. The molecule has 1 saturated carbocycles. The number of nitrogens with one attached hydrogen (secondary N) is 1. The minimum atomic E-state index is -0.153. The van der Waals surface area contributed by atoms with Crippen molar-refractivity contribution in [3.63, 3.8) is 0 Å². The smallest absolute Gasteiger partial charge is 0.322 e. The van der Waals surface area contributed by atoms with Gasteiger partial charge in [0.05, 0.1) is 25.8 Å². The molecule has 8 heteroatoms. The molecule has 1 saturated heterocycles. The molecule has 154 valence electrons. The summed E-state index contributed by atoms with van der Waals surface area (Å²) in [5.74, 6) is 3.10. The van der Waals surface area contributed by atoms with E-state index >= 15 is 0 Å².